The van der Waals surface area contributed by atoms with Gasteiger partial charge in [0.15, 0.2) is 11.6 Å². The number of fused-ring (bicyclic) bond motifs is 4. The molecule has 0 amide bonds. The quantitative estimate of drug-likeness (QED) is 0.577. The molecule has 0 nitrogen and oxygen atoms in total. The van der Waals surface area contributed by atoms with Crippen LogP contribution in [0, 0.1) is 24.4 Å². The first-order valence-electron chi connectivity index (χ1n) is 6.48. The normalized spacial score (nSPS) is 11.6. The fourth-order valence-electron chi connectivity index (χ4n) is 2.66. The Balaban J connectivity index is 2.17. The smallest absolute Gasteiger partial charge is 0.167 e. The average Bonchev–Trinajstić information content (AvgIpc) is 2.41. The van der Waals surface area contributed by atoms with Crippen LogP contribution in [0.25, 0.3) is 22.3 Å². The Bertz CT molecular complexity index is 730. The van der Waals surface area contributed by atoms with E-state index in [2.05, 4.69) is 6.58 Å². The second-order valence-electron chi connectivity index (χ2n) is 5.03. The molecule has 3 heteroatoms. The molecule has 1 aliphatic rings. The molecular weight excluding hydrogens is 261 g/mol. The lowest BCUT2D eigenvalue weighted by Crippen LogP contribution is -2.10. The number of allylic oxidation sites excluding steroid dienone is 1. The summed E-state index contributed by atoms with van der Waals surface area (Å²) in [6.45, 7) is 5.18. The molecule has 0 aromatic heterocycles. The molecule has 0 saturated heterocycles. The molecule has 0 saturated carbocycles. The van der Waals surface area contributed by atoms with Gasteiger partial charge >= 0.3 is 0 Å². The average molecular weight is 274 g/mol. The Hall–Kier alpha value is -2.03. The van der Waals surface area contributed by atoms with Gasteiger partial charge in [-0.2, -0.15) is 0 Å². The Morgan fingerprint density at radius 1 is 1.00 bits per heavy atom. The zero-order valence-corrected chi connectivity index (χ0v) is 11.1. The molecule has 3 rings (SSSR count). The lowest BCUT2D eigenvalue weighted by atomic mass is 9.77. The van der Waals surface area contributed by atoms with Gasteiger partial charge in [-0.15, -0.1) is 6.58 Å². The zero-order valence-electron chi connectivity index (χ0n) is 11.1. The van der Waals surface area contributed by atoms with Crippen LogP contribution in [-0.4, -0.2) is 0 Å². The van der Waals surface area contributed by atoms with Crippen molar-refractivity contribution in [2.24, 2.45) is 0 Å². The van der Waals surface area contributed by atoms with Gasteiger partial charge in [0.05, 0.1) is 0 Å². The highest BCUT2D eigenvalue weighted by molar-refractivity contribution is 6.03. The molecule has 2 aromatic carbocycles. The molecule has 20 heavy (non-hydrogen) atoms. The molecule has 0 N–H and O–H groups in total. The van der Waals surface area contributed by atoms with Gasteiger partial charge in [0.2, 0.25) is 0 Å². The third kappa shape index (κ3) is 1.62. The third-order valence-electron chi connectivity index (χ3n) is 3.78. The minimum atomic E-state index is -0.946. The Morgan fingerprint density at radius 2 is 1.70 bits per heavy atom. The summed E-state index contributed by atoms with van der Waals surface area (Å²) in [5.74, 6) is -2.29. The van der Waals surface area contributed by atoms with Crippen molar-refractivity contribution in [1.29, 1.82) is 0 Å². The van der Waals surface area contributed by atoms with Crippen LogP contribution in [0.1, 0.15) is 17.5 Å². The highest BCUT2D eigenvalue weighted by Crippen LogP contribution is 2.51. The molecule has 0 radical (unpaired) electrons. The highest BCUT2D eigenvalue weighted by atomic mass is 19.2. The van der Waals surface area contributed by atoms with Crippen LogP contribution in [0.2, 0.25) is 0 Å². The van der Waals surface area contributed by atoms with Gasteiger partial charge < -0.3 is 0 Å². The predicted octanol–water partition coefficient (Wildman–Crippen LogP) is 5.18. The van der Waals surface area contributed by atoms with Crippen molar-refractivity contribution in [3.05, 3.63) is 59.4 Å². The molecule has 0 bridgehead atoms. The van der Waals surface area contributed by atoms with Crippen molar-refractivity contribution >= 4 is 0 Å². The topological polar surface area (TPSA) is 0 Å². The van der Waals surface area contributed by atoms with Gasteiger partial charge in [0.1, 0.15) is 5.82 Å². The van der Waals surface area contributed by atoms with Crippen molar-refractivity contribution in [1.82, 2.24) is 0 Å². The van der Waals surface area contributed by atoms with E-state index in [1.165, 1.54) is 0 Å². The summed E-state index contributed by atoms with van der Waals surface area (Å²) in [7, 11) is 0. The van der Waals surface area contributed by atoms with Gasteiger partial charge in [-0.1, -0.05) is 18.2 Å². The van der Waals surface area contributed by atoms with Gasteiger partial charge in [-0.3, -0.25) is 0 Å². The number of benzene rings is 2. The minimum absolute atomic E-state index is 0.0704. The van der Waals surface area contributed by atoms with E-state index >= 15 is 0 Å². The van der Waals surface area contributed by atoms with E-state index < -0.39 is 17.5 Å². The van der Waals surface area contributed by atoms with Crippen LogP contribution in [-0.2, 0) is 6.42 Å². The summed E-state index contributed by atoms with van der Waals surface area (Å²) in [5, 5.41) is 0. The maximum atomic E-state index is 14.2. The Morgan fingerprint density at radius 3 is 2.40 bits per heavy atom. The number of aryl methyl sites for hydroxylation is 2. The highest BCUT2D eigenvalue weighted by Gasteiger charge is 2.32. The van der Waals surface area contributed by atoms with E-state index in [0.717, 1.165) is 0 Å². The molecule has 0 fully saturated rings. The Labute approximate surface area is 115 Å². The SMILES string of the molecule is C=CCCc1cc2c(c(F)c1F)-c1c-2ccc(C)c1F. The first kappa shape index (κ1) is 13.0. The zero-order chi connectivity index (χ0) is 14.4. The van der Waals surface area contributed by atoms with Gasteiger partial charge in [-0.05, 0) is 48.1 Å². The summed E-state index contributed by atoms with van der Waals surface area (Å²) in [6, 6.07) is 5.03. The van der Waals surface area contributed by atoms with Gasteiger partial charge in [0, 0.05) is 11.1 Å². The summed E-state index contributed by atoms with van der Waals surface area (Å²) < 4.78 is 42.2. The van der Waals surface area contributed by atoms with E-state index in [1.54, 1.807) is 31.2 Å². The first-order valence-corrected chi connectivity index (χ1v) is 6.48. The molecule has 102 valence electrons. The molecule has 0 heterocycles. The molecular formula is C17H13F3. The van der Waals surface area contributed by atoms with Crippen LogP contribution in [0.15, 0.2) is 30.9 Å². The van der Waals surface area contributed by atoms with E-state index in [-0.39, 0.29) is 11.1 Å². The van der Waals surface area contributed by atoms with Crippen LogP contribution in [0.5, 0.6) is 0 Å². The monoisotopic (exact) mass is 274 g/mol. The molecule has 0 atom stereocenters. The van der Waals surface area contributed by atoms with E-state index in [0.29, 0.717) is 35.1 Å². The van der Waals surface area contributed by atoms with E-state index in [4.69, 9.17) is 0 Å². The lowest BCUT2D eigenvalue weighted by Gasteiger charge is -2.27. The molecule has 1 aliphatic carbocycles. The number of hydrogen-bond acceptors (Lipinski definition) is 0. The summed E-state index contributed by atoms with van der Waals surface area (Å²) in [6.07, 6.45) is 2.63. The molecule has 0 spiro atoms. The number of hydrogen-bond donors (Lipinski definition) is 0. The first-order chi connectivity index (χ1) is 9.56. The standard InChI is InChI=1S/C17H13F3/c1-3-4-5-10-8-12-11-7-6-9(2)15(18)13(11)14(12)17(20)16(10)19/h3,6-8H,1,4-5H2,2H3. The number of halogens is 3. The Kier molecular flexibility index (Phi) is 2.93. The maximum absolute atomic E-state index is 14.2. The minimum Gasteiger partial charge on any atom is -0.206 e. The van der Waals surface area contributed by atoms with Crippen molar-refractivity contribution in [3.63, 3.8) is 0 Å². The van der Waals surface area contributed by atoms with Crippen molar-refractivity contribution < 1.29 is 13.2 Å². The van der Waals surface area contributed by atoms with Crippen LogP contribution in [0.4, 0.5) is 13.2 Å². The largest absolute Gasteiger partial charge is 0.206 e. The summed E-state index contributed by atoms with van der Waals surface area (Å²) in [4.78, 5) is 0. The van der Waals surface area contributed by atoms with Crippen molar-refractivity contribution in [2.45, 2.75) is 19.8 Å². The summed E-state index contributed by atoms with van der Waals surface area (Å²) in [5.41, 5.74) is 2.27. The molecule has 2 aromatic rings. The van der Waals surface area contributed by atoms with E-state index in [1.807, 2.05) is 0 Å². The molecule has 0 aliphatic heterocycles. The van der Waals surface area contributed by atoms with Crippen LogP contribution in [0.3, 0.4) is 0 Å². The second-order valence-corrected chi connectivity index (χ2v) is 5.03. The lowest BCUT2D eigenvalue weighted by molar-refractivity contribution is 0.499. The third-order valence-corrected chi connectivity index (χ3v) is 3.78. The number of rotatable bonds is 3. The predicted molar refractivity (Wildman–Crippen MR) is 74.0 cm³/mol. The molecule has 0 unspecified atom stereocenters. The second kappa shape index (κ2) is 4.51. The van der Waals surface area contributed by atoms with Gasteiger partial charge in [-0.25, -0.2) is 13.2 Å². The van der Waals surface area contributed by atoms with Crippen LogP contribution < -0.4 is 0 Å². The van der Waals surface area contributed by atoms with Crippen LogP contribution >= 0.6 is 0 Å². The fourth-order valence-corrected chi connectivity index (χ4v) is 2.66. The van der Waals surface area contributed by atoms with Gasteiger partial charge in [0.25, 0.3) is 0 Å². The fraction of sp³-hybridized carbons (Fsp3) is 0.176. The van der Waals surface area contributed by atoms with E-state index in [9.17, 15) is 13.2 Å². The summed E-state index contributed by atoms with van der Waals surface area (Å²) >= 11 is 0. The van der Waals surface area contributed by atoms with Crippen molar-refractivity contribution in [2.75, 3.05) is 0 Å². The maximum Gasteiger partial charge on any atom is 0.167 e. The van der Waals surface area contributed by atoms with Crippen molar-refractivity contribution in [3.8, 4) is 22.3 Å².